The van der Waals surface area contributed by atoms with Crippen molar-refractivity contribution in [2.75, 3.05) is 38.0 Å². The third kappa shape index (κ3) is 4.96. The maximum Gasteiger partial charge on any atom is 0.279 e. The van der Waals surface area contributed by atoms with Crippen LogP contribution in [0.4, 0.5) is 5.69 Å². The van der Waals surface area contributed by atoms with Crippen LogP contribution in [0, 0.1) is 6.92 Å². The molecule has 2 aromatic rings. The van der Waals surface area contributed by atoms with Crippen LogP contribution in [0.15, 0.2) is 29.6 Å². The molecule has 134 valence electrons. The van der Waals surface area contributed by atoms with E-state index in [1.807, 2.05) is 24.3 Å². The lowest BCUT2D eigenvalue weighted by Crippen LogP contribution is -3.28. The molecule has 25 heavy (non-hydrogen) atoms. The number of amides is 1. The highest BCUT2D eigenvalue weighted by atomic mass is 35.5. The minimum Gasteiger partial charge on any atom is -0.321 e. The Labute approximate surface area is 162 Å². The third-order valence-corrected chi connectivity index (χ3v) is 6.31. The number of piperazine rings is 1. The molecule has 0 saturated carbocycles. The van der Waals surface area contributed by atoms with E-state index in [2.05, 4.69) is 22.8 Å². The average molecular weight is 400 g/mol. The molecular weight excluding hydrogens is 377 g/mol. The Morgan fingerprint density at radius 3 is 2.56 bits per heavy atom. The summed E-state index contributed by atoms with van der Waals surface area (Å²) in [6, 6.07) is 7.91. The standard InChI is InChI=1S/C18H21Cl2N3OS/c1-13-4-5-15(19)18(17(13)20)21-16(24)12-23-8-6-22(7-9-23)11-14-3-2-10-25-14/h2-5,10H,6-9,11-12H2,1H3,(H,21,24)/p+2. The Balaban J connectivity index is 1.49. The molecule has 1 aromatic carbocycles. The number of rotatable bonds is 5. The first-order valence-corrected chi connectivity index (χ1v) is 10.1. The van der Waals surface area contributed by atoms with Crippen LogP contribution in [0.2, 0.25) is 10.0 Å². The van der Waals surface area contributed by atoms with E-state index >= 15 is 0 Å². The fourth-order valence-corrected chi connectivity index (χ4v) is 4.39. The molecule has 0 aliphatic carbocycles. The quantitative estimate of drug-likeness (QED) is 0.695. The number of anilines is 1. The van der Waals surface area contributed by atoms with Crippen LogP contribution in [0.1, 0.15) is 10.4 Å². The van der Waals surface area contributed by atoms with Crippen LogP contribution in [-0.2, 0) is 11.3 Å². The van der Waals surface area contributed by atoms with Crippen LogP contribution in [0.25, 0.3) is 0 Å². The fourth-order valence-electron chi connectivity index (χ4n) is 3.15. The third-order valence-electron chi connectivity index (χ3n) is 4.63. The summed E-state index contributed by atoms with van der Waals surface area (Å²) < 4.78 is 0. The highest BCUT2D eigenvalue weighted by Gasteiger charge is 2.25. The van der Waals surface area contributed by atoms with Gasteiger partial charge in [0.25, 0.3) is 5.91 Å². The van der Waals surface area contributed by atoms with Crippen molar-refractivity contribution in [1.82, 2.24) is 0 Å². The van der Waals surface area contributed by atoms with Gasteiger partial charge in [0.2, 0.25) is 0 Å². The fraction of sp³-hybridized carbons (Fsp3) is 0.389. The molecule has 3 N–H and O–H groups in total. The number of halogens is 2. The summed E-state index contributed by atoms with van der Waals surface area (Å²) in [4.78, 5) is 16.7. The van der Waals surface area contributed by atoms with E-state index in [0.717, 1.165) is 38.3 Å². The lowest BCUT2D eigenvalue weighted by atomic mass is 10.2. The van der Waals surface area contributed by atoms with Gasteiger partial charge < -0.3 is 15.1 Å². The molecule has 0 unspecified atom stereocenters. The summed E-state index contributed by atoms with van der Waals surface area (Å²) in [5.41, 5.74) is 1.43. The van der Waals surface area contributed by atoms with E-state index in [1.165, 1.54) is 9.78 Å². The van der Waals surface area contributed by atoms with Crippen LogP contribution in [0.5, 0.6) is 0 Å². The zero-order valence-corrected chi connectivity index (χ0v) is 16.5. The lowest BCUT2D eigenvalue weighted by molar-refractivity contribution is -1.01. The molecule has 1 aliphatic heterocycles. The monoisotopic (exact) mass is 399 g/mol. The SMILES string of the molecule is Cc1ccc(Cl)c(NC(=O)C[NH+]2CC[NH+](Cc3cccs3)CC2)c1Cl. The van der Waals surface area contributed by atoms with E-state index in [-0.39, 0.29) is 5.91 Å². The van der Waals surface area contributed by atoms with Crippen LogP contribution in [0.3, 0.4) is 0 Å². The molecule has 1 amide bonds. The summed E-state index contributed by atoms with van der Waals surface area (Å²) >= 11 is 14.2. The van der Waals surface area contributed by atoms with E-state index < -0.39 is 0 Å². The van der Waals surface area contributed by atoms with Crippen LogP contribution < -0.4 is 15.1 Å². The molecule has 1 saturated heterocycles. The van der Waals surface area contributed by atoms with Crippen LogP contribution >= 0.6 is 34.5 Å². The van der Waals surface area contributed by atoms with Crippen molar-refractivity contribution in [3.05, 3.63) is 50.1 Å². The number of nitrogens with one attached hydrogen (secondary N) is 3. The number of quaternary nitrogens is 2. The average Bonchev–Trinajstić information content (AvgIpc) is 3.10. The second-order valence-corrected chi connectivity index (χ2v) is 8.35. The summed E-state index contributed by atoms with van der Waals surface area (Å²) in [6.45, 7) is 7.62. The summed E-state index contributed by atoms with van der Waals surface area (Å²) in [5, 5.41) is 6.00. The predicted molar refractivity (Wildman–Crippen MR) is 104 cm³/mol. The molecule has 0 bridgehead atoms. The molecule has 1 fully saturated rings. The number of hydrogen-bond acceptors (Lipinski definition) is 2. The highest BCUT2D eigenvalue weighted by molar-refractivity contribution is 7.09. The Morgan fingerprint density at radius 1 is 1.16 bits per heavy atom. The van der Waals surface area contributed by atoms with E-state index in [9.17, 15) is 4.79 Å². The zero-order chi connectivity index (χ0) is 17.8. The normalized spacial score (nSPS) is 20.4. The second kappa shape index (κ2) is 8.52. The van der Waals surface area contributed by atoms with Gasteiger partial charge in [-0.25, -0.2) is 0 Å². The molecule has 4 nitrogen and oxygen atoms in total. The van der Waals surface area contributed by atoms with Gasteiger partial charge in [-0.15, -0.1) is 11.3 Å². The van der Waals surface area contributed by atoms with Gasteiger partial charge in [-0.2, -0.15) is 0 Å². The Kier molecular flexibility index (Phi) is 6.36. The molecule has 0 atom stereocenters. The van der Waals surface area contributed by atoms with Gasteiger partial charge in [0, 0.05) is 0 Å². The van der Waals surface area contributed by atoms with Crippen molar-refractivity contribution in [3.63, 3.8) is 0 Å². The molecule has 1 aliphatic rings. The number of carbonyl (C=O) groups is 1. The summed E-state index contributed by atoms with van der Waals surface area (Å²) in [7, 11) is 0. The maximum atomic E-state index is 12.4. The molecule has 3 rings (SSSR count). The predicted octanol–water partition coefficient (Wildman–Crippen LogP) is 1.29. The van der Waals surface area contributed by atoms with Crippen molar-refractivity contribution in [1.29, 1.82) is 0 Å². The van der Waals surface area contributed by atoms with Crippen molar-refractivity contribution >= 4 is 46.1 Å². The number of thiophene rings is 1. The molecule has 7 heteroatoms. The maximum absolute atomic E-state index is 12.4. The number of aryl methyl sites for hydroxylation is 1. The summed E-state index contributed by atoms with van der Waals surface area (Å²) in [5.74, 6) is -0.0360. The van der Waals surface area contributed by atoms with Gasteiger partial charge in [0.05, 0.1) is 20.6 Å². The van der Waals surface area contributed by atoms with E-state index in [0.29, 0.717) is 22.3 Å². The Hall–Kier alpha value is -1.11. The zero-order valence-electron chi connectivity index (χ0n) is 14.2. The molecular formula is C18H23Cl2N3OS+2. The highest BCUT2D eigenvalue weighted by Crippen LogP contribution is 2.32. The molecule has 0 radical (unpaired) electrons. The summed E-state index contributed by atoms with van der Waals surface area (Å²) in [6.07, 6.45) is 0. The van der Waals surface area contributed by atoms with Crippen LogP contribution in [-0.4, -0.2) is 38.6 Å². The van der Waals surface area contributed by atoms with Gasteiger partial charge in [-0.1, -0.05) is 35.3 Å². The second-order valence-electron chi connectivity index (χ2n) is 6.53. The van der Waals surface area contributed by atoms with Gasteiger partial charge in [0.1, 0.15) is 32.7 Å². The largest absolute Gasteiger partial charge is 0.321 e. The number of hydrogen-bond donors (Lipinski definition) is 3. The first-order chi connectivity index (χ1) is 12.0. The minimum absolute atomic E-state index is 0.0360. The van der Waals surface area contributed by atoms with Gasteiger partial charge in [0.15, 0.2) is 6.54 Å². The number of benzene rings is 1. The topological polar surface area (TPSA) is 38.0 Å². The molecule has 0 spiro atoms. The molecule has 2 heterocycles. The Morgan fingerprint density at radius 2 is 1.88 bits per heavy atom. The van der Waals surface area contributed by atoms with Gasteiger partial charge in [-0.05, 0) is 30.0 Å². The Bertz CT molecular complexity index is 728. The van der Waals surface area contributed by atoms with E-state index in [1.54, 1.807) is 11.0 Å². The van der Waals surface area contributed by atoms with Crippen molar-refractivity contribution in [2.24, 2.45) is 0 Å². The first kappa shape index (κ1) is 18.7. The van der Waals surface area contributed by atoms with Crippen molar-refractivity contribution in [3.8, 4) is 0 Å². The van der Waals surface area contributed by atoms with Gasteiger partial charge >= 0.3 is 0 Å². The van der Waals surface area contributed by atoms with Crippen molar-refractivity contribution in [2.45, 2.75) is 13.5 Å². The minimum atomic E-state index is -0.0360. The number of carbonyl (C=O) groups excluding carboxylic acids is 1. The van der Waals surface area contributed by atoms with Gasteiger partial charge in [-0.3, -0.25) is 4.79 Å². The lowest BCUT2D eigenvalue weighted by Gasteiger charge is -2.29. The van der Waals surface area contributed by atoms with E-state index in [4.69, 9.17) is 23.2 Å². The molecule has 1 aromatic heterocycles. The smallest absolute Gasteiger partial charge is 0.279 e. The van der Waals surface area contributed by atoms with Crippen molar-refractivity contribution < 1.29 is 14.6 Å². The first-order valence-electron chi connectivity index (χ1n) is 8.47.